The summed E-state index contributed by atoms with van der Waals surface area (Å²) in [5.74, 6) is 0.567. The number of carbonyl (C=O) groups excluding carboxylic acids is 2. The van der Waals surface area contributed by atoms with Crippen molar-refractivity contribution >= 4 is 29.6 Å². The van der Waals surface area contributed by atoms with E-state index in [-0.39, 0.29) is 5.91 Å². The number of benzene rings is 1. The Morgan fingerprint density at radius 3 is 2.50 bits per heavy atom. The van der Waals surface area contributed by atoms with Crippen LogP contribution in [0.25, 0.3) is 6.08 Å². The molecule has 0 atom stereocenters. The summed E-state index contributed by atoms with van der Waals surface area (Å²) in [6, 6.07) is 3.45. The Balaban J connectivity index is 2.13. The molecule has 1 aromatic carbocycles. The van der Waals surface area contributed by atoms with Gasteiger partial charge in [0.1, 0.15) is 5.54 Å². The zero-order valence-corrected chi connectivity index (χ0v) is 17.6. The topological polar surface area (TPSA) is 73.9 Å². The Labute approximate surface area is 171 Å². The molecule has 6 nitrogen and oxygen atoms in total. The largest absolute Gasteiger partial charge is 0.493 e. The third-order valence-electron chi connectivity index (χ3n) is 4.64. The number of carbonyl (C=O) groups is 2. The molecule has 2 rings (SSSR count). The first-order valence-corrected chi connectivity index (χ1v) is 9.78. The Bertz CT molecular complexity index is 739. The molecule has 154 valence electrons. The van der Waals surface area contributed by atoms with Crippen LogP contribution in [0.4, 0.5) is 0 Å². The monoisotopic (exact) mass is 409 g/mol. The van der Waals surface area contributed by atoms with E-state index in [4.69, 9.17) is 25.8 Å². The van der Waals surface area contributed by atoms with Gasteiger partial charge < -0.3 is 19.5 Å². The first kappa shape index (κ1) is 22.1. The van der Waals surface area contributed by atoms with E-state index in [1.54, 1.807) is 18.2 Å². The van der Waals surface area contributed by atoms with Gasteiger partial charge in [-0.1, -0.05) is 38.3 Å². The highest BCUT2D eigenvalue weighted by Gasteiger charge is 2.43. The standard InChI is InChI=1S/C21H28ClNO5/c1-14(2)13-28-19-16(22)11-15(12-17(19)26-3)7-8-18(24)23-21(20(25)27-4)9-5-6-10-21/h7-8,11-12,14H,5-6,9-10,13H2,1-4H3,(H,23,24)/b8-7+. The molecule has 1 N–H and O–H groups in total. The van der Waals surface area contributed by atoms with Gasteiger partial charge in [0, 0.05) is 6.08 Å². The smallest absolute Gasteiger partial charge is 0.331 e. The Morgan fingerprint density at radius 1 is 1.25 bits per heavy atom. The normalized spacial score (nSPS) is 15.6. The van der Waals surface area contributed by atoms with Crippen molar-refractivity contribution in [1.82, 2.24) is 5.32 Å². The second-order valence-electron chi connectivity index (χ2n) is 7.34. The molecule has 1 aliphatic rings. The summed E-state index contributed by atoms with van der Waals surface area (Å²) in [4.78, 5) is 24.5. The fraction of sp³-hybridized carbons (Fsp3) is 0.524. The summed E-state index contributed by atoms with van der Waals surface area (Å²) in [5.41, 5.74) is -0.243. The summed E-state index contributed by atoms with van der Waals surface area (Å²) < 4.78 is 16.0. The van der Waals surface area contributed by atoms with Gasteiger partial charge in [0.25, 0.3) is 0 Å². The maximum absolute atomic E-state index is 12.4. The van der Waals surface area contributed by atoms with Crippen molar-refractivity contribution in [3.63, 3.8) is 0 Å². The molecule has 0 bridgehead atoms. The maximum Gasteiger partial charge on any atom is 0.331 e. The molecule has 0 spiro atoms. The number of halogens is 1. The second kappa shape index (κ2) is 9.82. The van der Waals surface area contributed by atoms with Gasteiger partial charge in [-0.2, -0.15) is 0 Å². The van der Waals surface area contributed by atoms with Crippen LogP contribution >= 0.6 is 11.6 Å². The zero-order chi connectivity index (χ0) is 20.7. The van der Waals surface area contributed by atoms with Crippen molar-refractivity contribution in [2.45, 2.75) is 45.1 Å². The number of esters is 1. The van der Waals surface area contributed by atoms with Crippen molar-refractivity contribution in [1.29, 1.82) is 0 Å². The summed E-state index contributed by atoms with van der Waals surface area (Å²) in [7, 11) is 2.87. The van der Waals surface area contributed by atoms with Gasteiger partial charge in [-0.15, -0.1) is 0 Å². The average Bonchev–Trinajstić information content (AvgIpc) is 3.13. The highest BCUT2D eigenvalue weighted by molar-refractivity contribution is 6.32. The lowest BCUT2D eigenvalue weighted by Gasteiger charge is -2.26. The molecule has 0 unspecified atom stereocenters. The minimum atomic E-state index is -0.931. The summed E-state index contributed by atoms with van der Waals surface area (Å²) in [5, 5.41) is 3.22. The maximum atomic E-state index is 12.4. The fourth-order valence-corrected chi connectivity index (χ4v) is 3.50. The quantitative estimate of drug-likeness (QED) is 0.519. The lowest BCUT2D eigenvalue weighted by Crippen LogP contribution is -2.52. The molecule has 1 saturated carbocycles. The summed E-state index contributed by atoms with van der Waals surface area (Å²) in [6.07, 6.45) is 5.92. The molecule has 0 aliphatic heterocycles. The van der Waals surface area contributed by atoms with Gasteiger partial charge in [-0.05, 0) is 42.5 Å². The van der Waals surface area contributed by atoms with Gasteiger partial charge >= 0.3 is 5.97 Å². The molecule has 7 heteroatoms. The number of methoxy groups -OCH3 is 2. The molecule has 1 aromatic rings. The third-order valence-corrected chi connectivity index (χ3v) is 4.92. The van der Waals surface area contributed by atoms with Crippen molar-refractivity contribution in [2.75, 3.05) is 20.8 Å². The zero-order valence-electron chi connectivity index (χ0n) is 16.8. The van der Waals surface area contributed by atoms with E-state index in [1.165, 1.54) is 20.3 Å². The number of rotatable bonds is 8. The minimum Gasteiger partial charge on any atom is -0.493 e. The van der Waals surface area contributed by atoms with E-state index in [1.807, 2.05) is 13.8 Å². The first-order chi connectivity index (χ1) is 13.3. The highest BCUT2D eigenvalue weighted by Crippen LogP contribution is 2.37. The van der Waals surface area contributed by atoms with E-state index in [9.17, 15) is 9.59 Å². The van der Waals surface area contributed by atoms with Crippen LogP contribution in [0.2, 0.25) is 5.02 Å². The van der Waals surface area contributed by atoms with Gasteiger partial charge in [0.05, 0.1) is 25.8 Å². The van der Waals surface area contributed by atoms with E-state index in [2.05, 4.69) is 5.32 Å². The first-order valence-electron chi connectivity index (χ1n) is 9.40. The molecule has 0 saturated heterocycles. The molecule has 0 heterocycles. The van der Waals surface area contributed by atoms with Gasteiger partial charge in [0.2, 0.25) is 5.91 Å². The predicted molar refractivity (Wildman–Crippen MR) is 109 cm³/mol. The number of hydrogen-bond acceptors (Lipinski definition) is 5. The molecule has 1 amide bonds. The second-order valence-corrected chi connectivity index (χ2v) is 7.75. The molecular formula is C21H28ClNO5. The summed E-state index contributed by atoms with van der Waals surface area (Å²) in [6.45, 7) is 4.60. The number of hydrogen-bond donors (Lipinski definition) is 1. The molecule has 0 radical (unpaired) electrons. The Morgan fingerprint density at radius 2 is 1.93 bits per heavy atom. The molecular weight excluding hydrogens is 382 g/mol. The van der Waals surface area contributed by atoms with Crippen LogP contribution in [-0.4, -0.2) is 38.2 Å². The van der Waals surface area contributed by atoms with Crippen molar-refractivity contribution in [3.05, 3.63) is 28.8 Å². The molecule has 28 heavy (non-hydrogen) atoms. The number of ether oxygens (including phenoxy) is 3. The summed E-state index contributed by atoms with van der Waals surface area (Å²) >= 11 is 6.33. The van der Waals surface area contributed by atoms with E-state index in [0.29, 0.717) is 47.5 Å². The Kier molecular flexibility index (Phi) is 7.75. The molecule has 0 aromatic heterocycles. The third kappa shape index (κ3) is 5.41. The van der Waals surface area contributed by atoms with Crippen LogP contribution in [0, 0.1) is 5.92 Å². The van der Waals surface area contributed by atoms with E-state index < -0.39 is 11.5 Å². The van der Waals surface area contributed by atoms with Crippen molar-refractivity contribution < 1.29 is 23.8 Å². The Hall–Kier alpha value is -2.21. The number of amides is 1. The molecule has 1 fully saturated rings. The van der Waals surface area contributed by atoms with Crippen LogP contribution in [0.5, 0.6) is 11.5 Å². The highest BCUT2D eigenvalue weighted by atomic mass is 35.5. The van der Waals surface area contributed by atoms with Crippen LogP contribution < -0.4 is 14.8 Å². The minimum absolute atomic E-state index is 0.349. The molecule has 1 aliphatic carbocycles. The number of nitrogens with one attached hydrogen (secondary N) is 1. The van der Waals surface area contributed by atoms with Crippen LogP contribution in [0.15, 0.2) is 18.2 Å². The fourth-order valence-electron chi connectivity index (χ4n) is 3.23. The van der Waals surface area contributed by atoms with Crippen LogP contribution in [-0.2, 0) is 14.3 Å². The van der Waals surface area contributed by atoms with Crippen molar-refractivity contribution in [3.8, 4) is 11.5 Å². The van der Waals surface area contributed by atoms with E-state index >= 15 is 0 Å². The SMILES string of the molecule is COC(=O)C1(NC(=O)/C=C/c2cc(Cl)c(OCC(C)C)c(OC)c2)CCCC1. The van der Waals surface area contributed by atoms with Crippen LogP contribution in [0.1, 0.15) is 45.1 Å². The van der Waals surface area contributed by atoms with Crippen LogP contribution in [0.3, 0.4) is 0 Å². The van der Waals surface area contributed by atoms with Crippen molar-refractivity contribution in [2.24, 2.45) is 5.92 Å². The van der Waals surface area contributed by atoms with Gasteiger partial charge in [0.15, 0.2) is 11.5 Å². The lowest BCUT2D eigenvalue weighted by atomic mass is 9.97. The predicted octanol–water partition coefficient (Wildman–Crippen LogP) is 4.00. The van der Waals surface area contributed by atoms with E-state index in [0.717, 1.165) is 12.8 Å². The van der Waals surface area contributed by atoms with Gasteiger partial charge in [-0.25, -0.2) is 4.79 Å². The lowest BCUT2D eigenvalue weighted by molar-refractivity contribution is -0.150. The van der Waals surface area contributed by atoms with Gasteiger partial charge in [-0.3, -0.25) is 4.79 Å². The average molecular weight is 410 g/mol.